The van der Waals surface area contributed by atoms with Crippen LogP contribution in [0.4, 0.5) is 5.82 Å². The lowest BCUT2D eigenvalue weighted by molar-refractivity contribution is 0.0994. The zero-order valence-corrected chi connectivity index (χ0v) is 22.3. The first kappa shape index (κ1) is 29.3. The average molecular weight is 516 g/mol. The van der Waals surface area contributed by atoms with Crippen molar-refractivity contribution in [3.8, 4) is 11.8 Å². The number of nitrogens with two attached hydrogens (primary N) is 1. The molecule has 3 N–H and O–H groups in total. The van der Waals surface area contributed by atoms with Crippen molar-refractivity contribution < 1.29 is 14.6 Å². The second-order valence-electron chi connectivity index (χ2n) is 8.79. The molecule has 0 unspecified atom stereocenters. The van der Waals surface area contributed by atoms with Gasteiger partial charge in [-0.25, -0.2) is 0 Å². The van der Waals surface area contributed by atoms with Crippen LogP contribution in [0.25, 0.3) is 0 Å². The zero-order chi connectivity index (χ0) is 26.5. The van der Waals surface area contributed by atoms with E-state index in [0.29, 0.717) is 22.6 Å². The van der Waals surface area contributed by atoms with E-state index >= 15 is 0 Å². The minimum absolute atomic E-state index is 0.180. The summed E-state index contributed by atoms with van der Waals surface area (Å²) in [7, 11) is 0. The minimum atomic E-state index is -0.567. The normalized spacial score (nSPS) is 16.1. The highest BCUT2D eigenvalue weighted by atomic mass is 35.5. The largest absolute Gasteiger partial charge is 0.490 e. The maximum Gasteiger partial charge on any atom is 0.269 e. The highest BCUT2D eigenvalue weighted by molar-refractivity contribution is 6.32. The summed E-state index contributed by atoms with van der Waals surface area (Å²) >= 11 is 6.11. The lowest BCUT2D eigenvalue weighted by Crippen LogP contribution is -2.35. The number of benzene rings is 1. The molecule has 2 fully saturated rings. The molecule has 196 valence electrons. The van der Waals surface area contributed by atoms with E-state index in [1.807, 2.05) is 26.8 Å². The first-order valence-electron chi connectivity index (χ1n) is 12.8. The SMILES string of the molecule is CC.Cc1c(OC2CCCCC2)ccc(C#N)c1Cl.NC(=O)c1ccc(N2CCC(CO)CC2)nn1. The van der Waals surface area contributed by atoms with E-state index < -0.39 is 5.91 Å². The first-order valence-corrected chi connectivity index (χ1v) is 13.2. The maximum absolute atomic E-state index is 10.8. The standard InChI is InChI=1S/C14H16ClNO.C11H16N4O2.C2H6/c1-10-13(8-7-11(9-16)14(10)15)17-12-5-3-2-4-6-12;12-11(17)9-1-2-10(14-13-9)15-5-3-8(7-16)4-6-15;1-2/h7-8,12H,2-6H2,1H3;1-2,8,16H,3-7H2,(H2,12,17);1-2H3. The Bertz CT molecular complexity index is 996. The molecule has 0 bridgehead atoms. The number of primary amides is 1. The number of carbonyl (C=O) groups excluding carboxylic acids is 1. The lowest BCUT2D eigenvalue weighted by atomic mass is 9.97. The Morgan fingerprint density at radius 2 is 1.81 bits per heavy atom. The Morgan fingerprint density at radius 1 is 1.14 bits per heavy atom. The molecule has 2 heterocycles. The number of piperidine rings is 1. The van der Waals surface area contributed by atoms with Crippen molar-refractivity contribution in [1.29, 1.82) is 5.26 Å². The van der Waals surface area contributed by atoms with Crippen molar-refractivity contribution >= 4 is 23.3 Å². The Labute approximate surface area is 219 Å². The van der Waals surface area contributed by atoms with Gasteiger partial charge in [0.1, 0.15) is 11.8 Å². The van der Waals surface area contributed by atoms with Gasteiger partial charge in [-0.15, -0.1) is 10.2 Å². The number of ether oxygens (including phenoxy) is 1. The predicted molar refractivity (Wildman–Crippen MR) is 142 cm³/mol. The molecule has 1 aromatic carbocycles. The molecule has 2 aliphatic rings. The van der Waals surface area contributed by atoms with E-state index in [-0.39, 0.29) is 12.3 Å². The van der Waals surface area contributed by atoms with Crippen LogP contribution in [0.2, 0.25) is 5.02 Å². The van der Waals surface area contributed by atoms with Gasteiger partial charge >= 0.3 is 0 Å². The molecule has 9 heteroatoms. The number of hydrogen-bond acceptors (Lipinski definition) is 7. The Morgan fingerprint density at radius 3 is 2.33 bits per heavy atom. The zero-order valence-electron chi connectivity index (χ0n) is 21.5. The van der Waals surface area contributed by atoms with Gasteiger partial charge in [0.2, 0.25) is 0 Å². The van der Waals surface area contributed by atoms with Crippen LogP contribution in [0.1, 0.15) is 80.4 Å². The molecule has 36 heavy (non-hydrogen) atoms. The summed E-state index contributed by atoms with van der Waals surface area (Å²) in [5.74, 6) is 1.40. The monoisotopic (exact) mass is 515 g/mol. The van der Waals surface area contributed by atoms with Crippen molar-refractivity contribution in [1.82, 2.24) is 10.2 Å². The van der Waals surface area contributed by atoms with Gasteiger partial charge in [-0.05, 0) is 75.6 Å². The first-order chi connectivity index (χ1) is 17.4. The van der Waals surface area contributed by atoms with Crippen molar-refractivity contribution in [2.24, 2.45) is 11.7 Å². The smallest absolute Gasteiger partial charge is 0.269 e. The van der Waals surface area contributed by atoms with Crippen molar-refractivity contribution in [3.05, 3.63) is 46.1 Å². The summed E-state index contributed by atoms with van der Waals surface area (Å²) in [6, 6.07) is 9.01. The van der Waals surface area contributed by atoms with E-state index in [4.69, 9.17) is 32.4 Å². The number of anilines is 1. The number of nitrogens with zero attached hydrogens (tertiary/aromatic N) is 4. The summed E-state index contributed by atoms with van der Waals surface area (Å²) in [6.07, 6.45) is 8.26. The lowest BCUT2D eigenvalue weighted by Gasteiger charge is -2.31. The third-order valence-corrected chi connectivity index (χ3v) is 6.89. The third-order valence-electron chi connectivity index (χ3n) is 6.40. The second kappa shape index (κ2) is 15.3. The minimum Gasteiger partial charge on any atom is -0.490 e. The van der Waals surface area contributed by atoms with Gasteiger partial charge in [0.05, 0.1) is 16.7 Å². The third kappa shape index (κ3) is 8.35. The molecule has 8 nitrogen and oxygen atoms in total. The van der Waals surface area contributed by atoms with Gasteiger partial charge in [0.25, 0.3) is 5.91 Å². The maximum atomic E-state index is 10.8. The number of aromatic nitrogens is 2. The number of nitriles is 1. The molecule has 1 aliphatic carbocycles. The van der Waals surface area contributed by atoms with Crippen LogP contribution in [0.3, 0.4) is 0 Å². The predicted octanol–water partition coefficient (Wildman–Crippen LogP) is 5.04. The number of hydrogen-bond donors (Lipinski definition) is 2. The van der Waals surface area contributed by atoms with Crippen LogP contribution in [0, 0.1) is 24.2 Å². The van der Waals surface area contributed by atoms with Crippen LogP contribution >= 0.6 is 11.6 Å². The molecule has 1 saturated carbocycles. The van der Waals surface area contributed by atoms with E-state index in [9.17, 15) is 4.79 Å². The number of carbonyl (C=O) groups is 1. The highest BCUT2D eigenvalue weighted by Crippen LogP contribution is 2.31. The molecule has 0 radical (unpaired) electrons. The number of amides is 1. The highest BCUT2D eigenvalue weighted by Gasteiger charge is 2.20. The van der Waals surface area contributed by atoms with Gasteiger partial charge in [0, 0.05) is 25.3 Å². The van der Waals surface area contributed by atoms with Gasteiger partial charge in [-0.2, -0.15) is 5.26 Å². The van der Waals surface area contributed by atoms with Crippen LogP contribution < -0.4 is 15.4 Å². The van der Waals surface area contributed by atoms with Crippen molar-refractivity contribution in [2.45, 2.75) is 71.8 Å². The van der Waals surface area contributed by atoms with Crippen LogP contribution in [0.15, 0.2) is 24.3 Å². The molecule has 1 aliphatic heterocycles. The second-order valence-corrected chi connectivity index (χ2v) is 9.17. The van der Waals surface area contributed by atoms with Gasteiger partial charge in [-0.3, -0.25) is 4.79 Å². The average Bonchev–Trinajstić information content (AvgIpc) is 2.93. The molecule has 0 atom stereocenters. The van der Waals surface area contributed by atoms with Crippen LogP contribution in [-0.4, -0.2) is 47.0 Å². The van der Waals surface area contributed by atoms with Crippen molar-refractivity contribution in [2.75, 3.05) is 24.6 Å². The van der Waals surface area contributed by atoms with Crippen LogP contribution in [0.5, 0.6) is 5.75 Å². The van der Waals surface area contributed by atoms with E-state index in [1.54, 1.807) is 18.2 Å². The van der Waals surface area contributed by atoms with Gasteiger partial charge in [0.15, 0.2) is 11.5 Å². The number of aliphatic hydroxyl groups excluding tert-OH is 1. The number of aliphatic hydroxyl groups is 1. The molecule has 2 aromatic rings. The number of rotatable bonds is 5. The fourth-order valence-corrected chi connectivity index (χ4v) is 4.41. The van der Waals surface area contributed by atoms with E-state index in [0.717, 1.165) is 55.9 Å². The fourth-order valence-electron chi connectivity index (χ4n) is 4.21. The summed E-state index contributed by atoms with van der Waals surface area (Å²) in [4.78, 5) is 12.9. The molecule has 1 aromatic heterocycles. The molecule has 1 amide bonds. The van der Waals surface area contributed by atoms with E-state index in [1.165, 1.54) is 19.3 Å². The summed E-state index contributed by atoms with van der Waals surface area (Å²) < 4.78 is 5.97. The van der Waals surface area contributed by atoms with Crippen molar-refractivity contribution in [3.63, 3.8) is 0 Å². The van der Waals surface area contributed by atoms with E-state index in [2.05, 4.69) is 21.2 Å². The van der Waals surface area contributed by atoms with Gasteiger partial charge < -0.3 is 20.5 Å². The fraction of sp³-hybridized carbons (Fsp3) is 0.556. The Hall–Kier alpha value is -2.89. The molecule has 0 spiro atoms. The number of halogens is 1. The quantitative estimate of drug-likeness (QED) is 0.571. The Balaban J connectivity index is 0.000000237. The summed E-state index contributed by atoms with van der Waals surface area (Å²) in [5, 5.41) is 26.2. The summed E-state index contributed by atoms with van der Waals surface area (Å²) in [5.41, 5.74) is 6.66. The van der Waals surface area contributed by atoms with Crippen LogP contribution in [-0.2, 0) is 0 Å². The van der Waals surface area contributed by atoms with Gasteiger partial charge in [-0.1, -0.05) is 31.9 Å². The molecular weight excluding hydrogens is 478 g/mol. The summed E-state index contributed by atoms with van der Waals surface area (Å²) in [6.45, 7) is 7.87. The molecule has 1 saturated heterocycles. The topological polar surface area (TPSA) is 125 Å². The molecular formula is C27H38ClN5O3. The molecule has 4 rings (SSSR count). The Kier molecular flexibility index (Phi) is 12.4.